The van der Waals surface area contributed by atoms with Crippen LogP contribution >= 0.6 is 11.3 Å². The minimum atomic E-state index is -0.978. The van der Waals surface area contributed by atoms with Crippen molar-refractivity contribution in [1.29, 1.82) is 0 Å². The van der Waals surface area contributed by atoms with E-state index in [1.807, 2.05) is 0 Å². The summed E-state index contributed by atoms with van der Waals surface area (Å²) in [6.45, 7) is 1.37. The molecule has 1 aliphatic heterocycles. The second-order valence-electron chi connectivity index (χ2n) is 4.34. The van der Waals surface area contributed by atoms with Gasteiger partial charge in [0.15, 0.2) is 0 Å². The summed E-state index contributed by atoms with van der Waals surface area (Å²) in [5.74, 6) is -0.978. The molecule has 1 saturated heterocycles. The predicted molar refractivity (Wildman–Crippen MR) is 68.5 cm³/mol. The topological polar surface area (TPSA) is 77.9 Å². The van der Waals surface area contributed by atoms with Gasteiger partial charge in [-0.25, -0.2) is 9.78 Å². The first-order chi connectivity index (χ1) is 9.13. The monoisotopic (exact) mass is 287 g/mol. The summed E-state index contributed by atoms with van der Waals surface area (Å²) in [7, 11) is 3.15. The molecule has 1 aromatic heterocycles. The number of carboxylic acid groups (broad SMARTS) is 1. The first-order valence-corrected chi connectivity index (χ1v) is 6.80. The van der Waals surface area contributed by atoms with Gasteiger partial charge in [0.05, 0.1) is 12.3 Å². The summed E-state index contributed by atoms with van der Waals surface area (Å²) in [6.07, 6.45) is 1.37. The number of thiazole rings is 1. The lowest BCUT2D eigenvalue weighted by molar-refractivity contribution is -0.0949. The maximum absolute atomic E-state index is 11.2. The molecule has 106 valence electrons. The van der Waals surface area contributed by atoms with Gasteiger partial charge in [-0.1, -0.05) is 0 Å². The molecule has 19 heavy (non-hydrogen) atoms. The number of aromatic nitrogens is 1. The fourth-order valence-electron chi connectivity index (χ4n) is 2.15. The Labute approximate surface area is 115 Å². The molecule has 2 heterocycles. The largest absolute Gasteiger partial charge is 0.477 e. The predicted octanol–water partition coefficient (Wildman–Crippen LogP) is 1.64. The number of aromatic carboxylic acids is 1. The van der Waals surface area contributed by atoms with Crippen molar-refractivity contribution in [3.63, 3.8) is 0 Å². The van der Waals surface area contributed by atoms with E-state index in [0.29, 0.717) is 36.8 Å². The Morgan fingerprint density at radius 3 is 2.68 bits per heavy atom. The zero-order chi connectivity index (χ0) is 13.9. The smallest absolute Gasteiger partial charge is 0.347 e. The third-order valence-corrected chi connectivity index (χ3v) is 4.52. The van der Waals surface area contributed by atoms with Crippen molar-refractivity contribution in [2.24, 2.45) is 0 Å². The van der Waals surface area contributed by atoms with Gasteiger partial charge >= 0.3 is 5.97 Å². The van der Waals surface area contributed by atoms with Crippen LogP contribution < -0.4 is 0 Å². The molecule has 1 fully saturated rings. The maximum atomic E-state index is 11.2. The van der Waals surface area contributed by atoms with Crippen molar-refractivity contribution in [3.8, 4) is 0 Å². The van der Waals surface area contributed by atoms with E-state index in [-0.39, 0.29) is 11.5 Å². The third kappa shape index (κ3) is 2.79. The van der Waals surface area contributed by atoms with Crippen LogP contribution in [0, 0.1) is 0 Å². The summed E-state index contributed by atoms with van der Waals surface area (Å²) in [4.78, 5) is 15.9. The maximum Gasteiger partial charge on any atom is 0.347 e. The van der Waals surface area contributed by atoms with E-state index in [2.05, 4.69) is 4.98 Å². The van der Waals surface area contributed by atoms with Crippen LogP contribution in [0.2, 0.25) is 0 Å². The summed E-state index contributed by atoms with van der Waals surface area (Å²) < 4.78 is 16.0. The van der Waals surface area contributed by atoms with Crippen molar-refractivity contribution in [2.75, 3.05) is 27.4 Å². The zero-order valence-corrected chi connectivity index (χ0v) is 11.8. The normalized spacial score (nSPS) is 18.4. The average molecular weight is 287 g/mol. The van der Waals surface area contributed by atoms with Crippen LogP contribution in [-0.2, 0) is 26.4 Å². The van der Waals surface area contributed by atoms with E-state index in [4.69, 9.17) is 14.2 Å². The number of carboxylic acids is 1. The van der Waals surface area contributed by atoms with Gasteiger partial charge in [-0.05, 0) is 0 Å². The van der Waals surface area contributed by atoms with Gasteiger partial charge in [0.25, 0.3) is 0 Å². The van der Waals surface area contributed by atoms with Gasteiger partial charge in [0.1, 0.15) is 15.5 Å². The summed E-state index contributed by atoms with van der Waals surface area (Å²) in [5, 5.41) is 9.91. The van der Waals surface area contributed by atoms with Gasteiger partial charge in [-0.15, -0.1) is 11.3 Å². The molecule has 0 spiro atoms. The second-order valence-corrected chi connectivity index (χ2v) is 5.34. The molecule has 0 atom stereocenters. The quantitative estimate of drug-likeness (QED) is 0.887. The molecule has 0 saturated carbocycles. The standard InChI is InChI=1S/C12H17NO5S/c1-16-7-8-9(10(14)15)19-11(13-8)12(17-2)3-5-18-6-4-12/h3-7H2,1-2H3,(H,14,15). The lowest BCUT2D eigenvalue weighted by Gasteiger charge is -2.33. The Hall–Kier alpha value is -1.02. The van der Waals surface area contributed by atoms with Crippen LogP contribution in [0.3, 0.4) is 0 Å². The Morgan fingerprint density at radius 1 is 1.47 bits per heavy atom. The molecular weight excluding hydrogens is 270 g/mol. The Morgan fingerprint density at radius 2 is 2.16 bits per heavy atom. The van der Waals surface area contributed by atoms with Gasteiger partial charge < -0.3 is 19.3 Å². The summed E-state index contributed by atoms with van der Waals surface area (Å²) in [6, 6.07) is 0. The Balaban J connectivity index is 2.37. The van der Waals surface area contributed by atoms with Crippen molar-refractivity contribution in [1.82, 2.24) is 4.98 Å². The first-order valence-electron chi connectivity index (χ1n) is 5.98. The molecule has 0 aliphatic carbocycles. The van der Waals surface area contributed by atoms with Gasteiger partial charge in [0.2, 0.25) is 0 Å². The van der Waals surface area contributed by atoms with Gasteiger partial charge in [-0.2, -0.15) is 0 Å². The van der Waals surface area contributed by atoms with Crippen molar-refractivity contribution in [3.05, 3.63) is 15.6 Å². The highest BCUT2D eigenvalue weighted by Crippen LogP contribution is 2.38. The van der Waals surface area contributed by atoms with Crippen molar-refractivity contribution >= 4 is 17.3 Å². The molecule has 1 aliphatic rings. The van der Waals surface area contributed by atoms with E-state index in [9.17, 15) is 9.90 Å². The number of carbonyl (C=O) groups is 1. The van der Waals surface area contributed by atoms with Gasteiger partial charge in [0, 0.05) is 40.3 Å². The summed E-state index contributed by atoms with van der Waals surface area (Å²) in [5.41, 5.74) is -0.0723. The molecule has 7 heteroatoms. The highest BCUT2D eigenvalue weighted by atomic mass is 32.1. The van der Waals surface area contributed by atoms with E-state index in [1.165, 1.54) is 18.4 Å². The molecule has 1 aromatic rings. The lowest BCUT2D eigenvalue weighted by Crippen LogP contribution is -2.35. The van der Waals surface area contributed by atoms with E-state index in [0.717, 1.165) is 0 Å². The van der Waals surface area contributed by atoms with E-state index in [1.54, 1.807) is 7.11 Å². The van der Waals surface area contributed by atoms with Crippen LogP contribution in [-0.4, -0.2) is 43.5 Å². The lowest BCUT2D eigenvalue weighted by atomic mass is 9.95. The number of hydrogen-bond donors (Lipinski definition) is 1. The fourth-order valence-corrected chi connectivity index (χ4v) is 3.29. The van der Waals surface area contributed by atoms with E-state index < -0.39 is 11.6 Å². The number of rotatable bonds is 5. The van der Waals surface area contributed by atoms with Crippen LogP contribution in [0.4, 0.5) is 0 Å². The Kier molecular flexibility index (Phi) is 4.51. The highest BCUT2D eigenvalue weighted by Gasteiger charge is 2.38. The third-order valence-electron chi connectivity index (χ3n) is 3.25. The fraction of sp³-hybridized carbons (Fsp3) is 0.667. The summed E-state index contributed by atoms with van der Waals surface area (Å²) >= 11 is 1.17. The minimum Gasteiger partial charge on any atom is -0.477 e. The molecule has 0 aromatic carbocycles. The van der Waals surface area contributed by atoms with Crippen molar-refractivity contribution in [2.45, 2.75) is 25.0 Å². The molecular formula is C12H17NO5S. The number of ether oxygens (including phenoxy) is 3. The van der Waals surface area contributed by atoms with Crippen LogP contribution in [0.1, 0.15) is 33.2 Å². The van der Waals surface area contributed by atoms with Crippen LogP contribution in [0.5, 0.6) is 0 Å². The molecule has 0 unspecified atom stereocenters. The van der Waals surface area contributed by atoms with Crippen LogP contribution in [0.25, 0.3) is 0 Å². The Bertz CT molecular complexity index is 453. The molecule has 0 bridgehead atoms. The molecule has 0 amide bonds. The number of nitrogens with zero attached hydrogens (tertiary/aromatic N) is 1. The number of hydrogen-bond acceptors (Lipinski definition) is 6. The SMILES string of the molecule is COCc1nc(C2(OC)CCOCC2)sc1C(=O)O. The highest BCUT2D eigenvalue weighted by molar-refractivity contribution is 7.13. The zero-order valence-electron chi connectivity index (χ0n) is 11.0. The molecule has 1 N–H and O–H groups in total. The minimum absolute atomic E-state index is 0.189. The van der Waals surface area contributed by atoms with Gasteiger partial charge in [-0.3, -0.25) is 0 Å². The first kappa shape index (κ1) is 14.4. The molecule has 0 radical (unpaired) electrons. The second kappa shape index (κ2) is 5.96. The number of methoxy groups -OCH3 is 2. The molecule has 2 rings (SSSR count). The van der Waals surface area contributed by atoms with Crippen LogP contribution in [0.15, 0.2) is 0 Å². The van der Waals surface area contributed by atoms with E-state index >= 15 is 0 Å². The molecule has 6 nitrogen and oxygen atoms in total. The van der Waals surface area contributed by atoms with Crippen molar-refractivity contribution < 1.29 is 24.1 Å². The average Bonchev–Trinajstić information content (AvgIpc) is 2.85.